The molecule has 2 heterocycles. The number of alkyl halides is 3. The van der Waals surface area contributed by atoms with E-state index < -0.39 is 17.6 Å². The zero-order valence-electron chi connectivity index (χ0n) is 18.5. The van der Waals surface area contributed by atoms with Crippen molar-refractivity contribution in [2.24, 2.45) is 0 Å². The smallest absolute Gasteiger partial charge is 0.361 e. The fourth-order valence-corrected chi connectivity index (χ4v) is 3.84. The molecule has 0 atom stereocenters. The van der Waals surface area contributed by atoms with Crippen LogP contribution in [0.15, 0.2) is 54.7 Å². The first-order valence-electron chi connectivity index (χ1n) is 10.5. The van der Waals surface area contributed by atoms with Crippen molar-refractivity contribution in [1.29, 1.82) is 0 Å². The molecule has 0 unspecified atom stereocenters. The Balaban J connectivity index is 1.41. The Morgan fingerprint density at radius 3 is 2.44 bits per heavy atom. The lowest BCUT2D eigenvalue weighted by Crippen LogP contribution is -2.43. The Morgan fingerprint density at radius 2 is 1.71 bits per heavy atom. The van der Waals surface area contributed by atoms with Gasteiger partial charge in [0.15, 0.2) is 0 Å². The Kier molecular flexibility index (Phi) is 6.14. The molecule has 2 aromatic heterocycles. The third-order valence-corrected chi connectivity index (χ3v) is 5.56. The van der Waals surface area contributed by atoms with Crippen LogP contribution in [0.1, 0.15) is 28.1 Å². The van der Waals surface area contributed by atoms with Crippen LogP contribution in [0.25, 0.3) is 16.6 Å². The molecule has 2 aromatic carbocycles. The first kappa shape index (κ1) is 23.1. The SMILES string of the molecule is Cc1nn(-c2cccc(C(F)(F)F)c2)c(C)c1CC(=O)NNC(=O)Cc1c[nH]c2ccccc12. The Labute approximate surface area is 192 Å². The summed E-state index contributed by atoms with van der Waals surface area (Å²) < 4.78 is 40.6. The summed E-state index contributed by atoms with van der Waals surface area (Å²) in [5.41, 5.74) is 7.59. The molecular weight excluding hydrogens is 447 g/mol. The number of carbonyl (C=O) groups is 2. The van der Waals surface area contributed by atoms with Crippen molar-refractivity contribution < 1.29 is 22.8 Å². The molecule has 176 valence electrons. The molecule has 0 spiro atoms. The number of para-hydroxylation sites is 1. The number of aryl methyl sites for hydroxylation is 1. The number of hydrogen-bond donors (Lipinski definition) is 3. The minimum Gasteiger partial charge on any atom is -0.361 e. The molecule has 0 bridgehead atoms. The third-order valence-electron chi connectivity index (χ3n) is 5.56. The maximum Gasteiger partial charge on any atom is 0.416 e. The number of amides is 2. The molecule has 0 saturated heterocycles. The number of H-pyrrole nitrogens is 1. The molecule has 7 nitrogen and oxygen atoms in total. The number of carbonyl (C=O) groups excluding carboxylic acids is 2. The Hall–Kier alpha value is -4.08. The minimum absolute atomic E-state index is 0.0792. The molecule has 0 aliphatic rings. The van der Waals surface area contributed by atoms with Crippen LogP contribution < -0.4 is 10.9 Å². The summed E-state index contributed by atoms with van der Waals surface area (Å²) in [6.07, 6.45) is -2.74. The second-order valence-electron chi connectivity index (χ2n) is 7.92. The van der Waals surface area contributed by atoms with Gasteiger partial charge in [-0.15, -0.1) is 0 Å². The Bertz CT molecular complexity index is 1370. The lowest BCUT2D eigenvalue weighted by atomic mass is 10.1. The molecule has 10 heteroatoms. The van der Waals surface area contributed by atoms with Gasteiger partial charge in [0.25, 0.3) is 0 Å². The van der Waals surface area contributed by atoms with E-state index in [1.165, 1.54) is 16.8 Å². The maximum atomic E-state index is 13.1. The van der Waals surface area contributed by atoms with E-state index in [1.54, 1.807) is 20.0 Å². The fraction of sp³-hybridized carbons (Fsp3) is 0.208. The molecule has 0 aliphatic carbocycles. The van der Waals surface area contributed by atoms with Crippen LogP contribution in [0.5, 0.6) is 0 Å². The highest BCUT2D eigenvalue weighted by Crippen LogP contribution is 2.31. The van der Waals surface area contributed by atoms with Gasteiger partial charge in [0.2, 0.25) is 11.8 Å². The monoisotopic (exact) mass is 469 g/mol. The van der Waals surface area contributed by atoms with Crippen LogP contribution >= 0.6 is 0 Å². The average Bonchev–Trinajstić information content (AvgIpc) is 3.33. The van der Waals surface area contributed by atoms with E-state index in [9.17, 15) is 22.8 Å². The number of benzene rings is 2. The molecular formula is C24H22F3N5O2. The van der Waals surface area contributed by atoms with Gasteiger partial charge in [-0.3, -0.25) is 20.4 Å². The molecule has 4 aromatic rings. The topological polar surface area (TPSA) is 91.8 Å². The summed E-state index contributed by atoms with van der Waals surface area (Å²) >= 11 is 0. The summed E-state index contributed by atoms with van der Waals surface area (Å²) in [6.45, 7) is 3.35. The van der Waals surface area contributed by atoms with E-state index in [-0.39, 0.29) is 24.4 Å². The highest BCUT2D eigenvalue weighted by atomic mass is 19.4. The molecule has 34 heavy (non-hydrogen) atoms. The first-order valence-corrected chi connectivity index (χ1v) is 10.5. The first-order chi connectivity index (χ1) is 16.1. The molecule has 2 amide bonds. The molecule has 0 fully saturated rings. The van der Waals surface area contributed by atoms with Gasteiger partial charge < -0.3 is 4.98 Å². The largest absolute Gasteiger partial charge is 0.416 e. The van der Waals surface area contributed by atoms with Crippen molar-refractivity contribution in [3.05, 3.63) is 82.8 Å². The number of hydrazine groups is 1. The number of rotatable bonds is 5. The van der Waals surface area contributed by atoms with Crippen LogP contribution in [0.2, 0.25) is 0 Å². The normalized spacial score (nSPS) is 11.6. The summed E-state index contributed by atoms with van der Waals surface area (Å²) in [5.74, 6) is -0.853. The lowest BCUT2D eigenvalue weighted by molar-refractivity contribution is -0.137. The van der Waals surface area contributed by atoms with Crippen molar-refractivity contribution >= 4 is 22.7 Å². The van der Waals surface area contributed by atoms with Crippen molar-refractivity contribution in [3.8, 4) is 5.69 Å². The summed E-state index contributed by atoms with van der Waals surface area (Å²) in [4.78, 5) is 27.8. The average molecular weight is 469 g/mol. The van der Waals surface area contributed by atoms with Gasteiger partial charge in [0.1, 0.15) is 0 Å². The number of halogens is 3. The molecule has 4 rings (SSSR count). The van der Waals surface area contributed by atoms with Gasteiger partial charge in [-0.25, -0.2) is 4.68 Å². The minimum atomic E-state index is -4.47. The van der Waals surface area contributed by atoms with E-state index in [0.29, 0.717) is 17.0 Å². The zero-order valence-corrected chi connectivity index (χ0v) is 18.5. The standard InChI is InChI=1S/C24H22F3N5O2/c1-14-20(15(2)32(31-14)18-7-5-6-17(11-18)24(25,26)27)12-23(34)30-29-22(33)10-16-13-28-21-9-4-3-8-19(16)21/h3-9,11,13,28H,10,12H2,1-2H3,(H,29,33)(H,30,34). The molecule has 0 radical (unpaired) electrons. The van der Waals surface area contributed by atoms with Gasteiger partial charge >= 0.3 is 6.18 Å². The zero-order chi connectivity index (χ0) is 24.5. The highest BCUT2D eigenvalue weighted by Gasteiger charge is 2.30. The van der Waals surface area contributed by atoms with Crippen LogP contribution in [0.4, 0.5) is 13.2 Å². The number of aromatic amines is 1. The maximum absolute atomic E-state index is 13.1. The molecule has 0 saturated carbocycles. The fourth-order valence-electron chi connectivity index (χ4n) is 3.84. The van der Waals surface area contributed by atoms with E-state index in [1.807, 2.05) is 24.3 Å². The summed E-state index contributed by atoms with van der Waals surface area (Å²) in [7, 11) is 0. The van der Waals surface area contributed by atoms with Gasteiger partial charge in [0, 0.05) is 28.4 Å². The number of nitrogens with one attached hydrogen (secondary N) is 3. The van der Waals surface area contributed by atoms with Crippen molar-refractivity contribution in [2.45, 2.75) is 32.9 Å². The van der Waals surface area contributed by atoms with Gasteiger partial charge in [-0.05, 0) is 43.7 Å². The quantitative estimate of drug-likeness (QED) is 0.387. The number of hydrogen-bond acceptors (Lipinski definition) is 3. The van der Waals surface area contributed by atoms with Gasteiger partial charge in [0.05, 0.1) is 29.8 Å². The van der Waals surface area contributed by atoms with E-state index in [0.717, 1.165) is 28.6 Å². The van der Waals surface area contributed by atoms with Crippen LogP contribution in [0, 0.1) is 13.8 Å². The number of fused-ring (bicyclic) bond motifs is 1. The van der Waals surface area contributed by atoms with Gasteiger partial charge in [-0.2, -0.15) is 18.3 Å². The van der Waals surface area contributed by atoms with Crippen LogP contribution in [-0.4, -0.2) is 26.6 Å². The highest BCUT2D eigenvalue weighted by molar-refractivity contribution is 5.90. The van der Waals surface area contributed by atoms with Crippen LogP contribution in [0.3, 0.4) is 0 Å². The summed E-state index contributed by atoms with van der Waals surface area (Å²) in [6, 6.07) is 12.4. The predicted octanol–water partition coefficient (Wildman–Crippen LogP) is 3.92. The van der Waals surface area contributed by atoms with Crippen molar-refractivity contribution in [1.82, 2.24) is 25.6 Å². The number of aromatic nitrogens is 3. The predicted molar refractivity (Wildman–Crippen MR) is 120 cm³/mol. The molecule has 3 N–H and O–H groups in total. The number of nitrogens with zero attached hydrogens (tertiary/aromatic N) is 2. The second-order valence-corrected chi connectivity index (χ2v) is 7.92. The van der Waals surface area contributed by atoms with Crippen LogP contribution in [-0.2, 0) is 28.6 Å². The third kappa shape index (κ3) is 4.80. The second kappa shape index (κ2) is 9.05. The van der Waals surface area contributed by atoms with E-state index in [4.69, 9.17) is 0 Å². The van der Waals surface area contributed by atoms with Crippen molar-refractivity contribution in [3.63, 3.8) is 0 Å². The van der Waals surface area contributed by atoms with E-state index in [2.05, 4.69) is 20.9 Å². The summed E-state index contributed by atoms with van der Waals surface area (Å²) in [5, 5.41) is 5.24. The lowest BCUT2D eigenvalue weighted by Gasteiger charge is -2.10. The van der Waals surface area contributed by atoms with Crippen molar-refractivity contribution in [2.75, 3.05) is 0 Å². The Morgan fingerprint density at radius 1 is 1.00 bits per heavy atom. The van der Waals surface area contributed by atoms with E-state index >= 15 is 0 Å². The molecule has 0 aliphatic heterocycles. The van der Waals surface area contributed by atoms with Gasteiger partial charge in [-0.1, -0.05) is 24.3 Å².